The number of guanidine groups is 1. The van der Waals surface area contributed by atoms with Gasteiger partial charge in [0.25, 0.3) is 0 Å². The summed E-state index contributed by atoms with van der Waals surface area (Å²) in [6.45, 7) is 7.54. The SMILES string of the molecule is CCNC(=NCc1cccc(O)c1)N1CCN(Cc2ccc(OC)c(F)c2)CC1.I. The quantitative estimate of drug-likeness (QED) is 0.342. The number of rotatable bonds is 6. The van der Waals surface area contributed by atoms with Crippen molar-refractivity contribution in [3.8, 4) is 11.5 Å². The molecule has 0 saturated carbocycles. The summed E-state index contributed by atoms with van der Waals surface area (Å²) in [4.78, 5) is 9.29. The molecule has 0 aliphatic carbocycles. The number of methoxy groups -OCH3 is 1. The molecule has 1 saturated heterocycles. The maximum atomic E-state index is 13.9. The molecule has 8 heteroatoms. The first-order chi connectivity index (χ1) is 14.1. The van der Waals surface area contributed by atoms with Crippen molar-refractivity contribution in [1.29, 1.82) is 0 Å². The van der Waals surface area contributed by atoms with Gasteiger partial charge in [0.15, 0.2) is 17.5 Å². The number of ether oxygens (including phenoxy) is 1. The third-order valence-electron chi connectivity index (χ3n) is 4.95. The zero-order valence-corrected chi connectivity index (χ0v) is 19.8. The summed E-state index contributed by atoms with van der Waals surface area (Å²) in [7, 11) is 1.47. The standard InChI is InChI=1S/C22H29FN4O2.HI/c1-3-24-22(25-15-17-5-4-6-19(28)13-17)27-11-9-26(10-12-27)16-18-7-8-21(29-2)20(23)14-18;/h4-8,13-14,28H,3,9-12,15-16H2,1-2H3,(H,24,25);1H. The van der Waals surface area contributed by atoms with Crippen LogP contribution in [0.2, 0.25) is 0 Å². The van der Waals surface area contributed by atoms with Crippen molar-refractivity contribution in [3.05, 3.63) is 59.4 Å². The van der Waals surface area contributed by atoms with E-state index in [9.17, 15) is 9.50 Å². The topological polar surface area (TPSA) is 60.3 Å². The summed E-state index contributed by atoms with van der Waals surface area (Å²) in [5, 5.41) is 13.0. The zero-order chi connectivity index (χ0) is 20.6. The molecule has 2 aromatic carbocycles. The van der Waals surface area contributed by atoms with E-state index in [1.54, 1.807) is 24.3 Å². The fourth-order valence-corrected chi connectivity index (χ4v) is 3.43. The molecule has 1 aliphatic heterocycles. The van der Waals surface area contributed by atoms with Crippen molar-refractivity contribution in [1.82, 2.24) is 15.1 Å². The predicted molar refractivity (Wildman–Crippen MR) is 128 cm³/mol. The van der Waals surface area contributed by atoms with Crippen molar-refractivity contribution in [2.45, 2.75) is 20.0 Å². The van der Waals surface area contributed by atoms with Crippen LogP contribution in [-0.4, -0.2) is 60.7 Å². The van der Waals surface area contributed by atoms with Gasteiger partial charge in [-0.15, -0.1) is 24.0 Å². The molecule has 3 rings (SSSR count). The maximum Gasteiger partial charge on any atom is 0.194 e. The largest absolute Gasteiger partial charge is 0.508 e. The first-order valence-electron chi connectivity index (χ1n) is 9.95. The molecule has 164 valence electrons. The van der Waals surface area contributed by atoms with Crippen molar-refractivity contribution in [3.63, 3.8) is 0 Å². The highest BCUT2D eigenvalue weighted by Gasteiger charge is 2.20. The van der Waals surface area contributed by atoms with Crippen LogP contribution in [0.25, 0.3) is 0 Å². The third kappa shape index (κ3) is 6.73. The minimum absolute atomic E-state index is 0. The van der Waals surface area contributed by atoms with Gasteiger partial charge in [-0.2, -0.15) is 0 Å². The van der Waals surface area contributed by atoms with Crippen LogP contribution in [0.1, 0.15) is 18.1 Å². The molecule has 1 aliphatic rings. The van der Waals surface area contributed by atoms with Crippen LogP contribution in [0.3, 0.4) is 0 Å². The lowest BCUT2D eigenvalue weighted by Crippen LogP contribution is -2.52. The van der Waals surface area contributed by atoms with E-state index in [0.29, 0.717) is 13.1 Å². The summed E-state index contributed by atoms with van der Waals surface area (Å²) in [5.41, 5.74) is 1.92. The first-order valence-corrected chi connectivity index (χ1v) is 9.95. The Labute approximate surface area is 194 Å². The number of aliphatic imine (C=N–C) groups is 1. The normalized spacial score (nSPS) is 14.9. The number of piperazine rings is 1. The Morgan fingerprint density at radius 2 is 1.90 bits per heavy atom. The Kier molecular flexibility index (Phi) is 9.64. The van der Waals surface area contributed by atoms with Gasteiger partial charge < -0.3 is 20.1 Å². The third-order valence-corrected chi connectivity index (χ3v) is 4.95. The van der Waals surface area contributed by atoms with E-state index in [0.717, 1.165) is 49.8 Å². The van der Waals surface area contributed by atoms with E-state index in [2.05, 4.69) is 22.0 Å². The fourth-order valence-electron chi connectivity index (χ4n) is 3.43. The zero-order valence-electron chi connectivity index (χ0n) is 17.5. The van der Waals surface area contributed by atoms with E-state index in [1.807, 2.05) is 18.2 Å². The van der Waals surface area contributed by atoms with Crippen LogP contribution in [0.4, 0.5) is 4.39 Å². The van der Waals surface area contributed by atoms with Gasteiger partial charge in [-0.1, -0.05) is 18.2 Å². The van der Waals surface area contributed by atoms with Crippen LogP contribution in [0.5, 0.6) is 11.5 Å². The highest BCUT2D eigenvalue weighted by molar-refractivity contribution is 14.0. The Balaban J connectivity index is 0.00000320. The van der Waals surface area contributed by atoms with Crippen molar-refractivity contribution in [2.24, 2.45) is 4.99 Å². The summed E-state index contributed by atoms with van der Waals surface area (Å²) in [6, 6.07) is 12.3. The molecule has 1 fully saturated rings. The molecule has 0 radical (unpaired) electrons. The fraction of sp³-hybridized carbons (Fsp3) is 0.409. The van der Waals surface area contributed by atoms with Crippen molar-refractivity contribution >= 4 is 29.9 Å². The van der Waals surface area contributed by atoms with E-state index in [4.69, 9.17) is 9.73 Å². The Morgan fingerprint density at radius 1 is 1.13 bits per heavy atom. The number of phenolic OH excluding ortho intramolecular Hbond substituents is 1. The molecule has 0 unspecified atom stereocenters. The smallest absolute Gasteiger partial charge is 0.194 e. The number of phenols is 1. The number of nitrogens with zero attached hydrogens (tertiary/aromatic N) is 3. The average Bonchev–Trinajstić information content (AvgIpc) is 2.72. The maximum absolute atomic E-state index is 13.9. The van der Waals surface area contributed by atoms with Gasteiger partial charge in [-0.25, -0.2) is 9.38 Å². The number of halogens is 2. The van der Waals surface area contributed by atoms with Gasteiger partial charge in [0.1, 0.15) is 5.75 Å². The molecule has 0 amide bonds. The summed E-state index contributed by atoms with van der Waals surface area (Å²) in [6.07, 6.45) is 0. The van der Waals surface area contributed by atoms with Gasteiger partial charge in [0.2, 0.25) is 0 Å². The number of aromatic hydroxyl groups is 1. The second-order valence-electron chi connectivity index (χ2n) is 7.07. The van der Waals surface area contributed by atoms with Crippen molar-refractivity contribution in [2.75, 3.05) is 39.8 Å². The van der Waals surface area contributed by atoms with E-state index in [-0.39, 0.29) is 41.3 Å². The molecule has 2 N–H and O–H groups in total. The lowest BCUT2D eigenvalue weighted by Gasteiger charge is -2.36. The molecule has 2 aromatic rings. The summed E-state index contributed by atoms with van der Waals surface area (Å²) < 4.78 is 18.9. The highest BCUT2D eigenvalue weighted by Crippen LogP contribution is 2.19. The van der Waals surface area contributed by atoms with Gasteiger partial charge in [-0.05, 0) is 42.3 Å². The molecule has 30 heavy (non-hydrogen) atoms. The second-order valence-corrected chi connectivity index (χ2v) is 7.07. The number of hydrogen-bond donors (Lipinski definition) is 2. The molecule has 0 spiro atoms. The minimum atomic E-state index is -0.322. The molecule has 6 nitrogen and oxygen atoms in total. The van der Waals surface area contributed by atoms with Gasteiger partial charge in [0, 0.05) is 39.3 Å². The molecule has 0 atom stereocenters. The first kappa shape index (κ1) is 24.2. The second kappa shape index (κ2) is 11.9. The molecule has 1 heterocycles. The van der Waals surface area contributed by atoms with Crippen molar-refractivity contribution < 1.29 is 14.2 Å². The van der Waals surface area contributed by atoms with Gasteiger partial charge in [0.05, 0.1) is 13.7 Å². The van der Waals surface area contributed by atoms with E-state index in [1.165, 1.54) is 7.11 Å². The Bertz CT molecular complexity index is 842. The molecular weight excluding hydrogens is 498 g/mol. The summed E-state index contributed by atoms with van der Waals surface area (Å²) >= 11 is 0. The van der Waals surface area contributed by atoms with Gasteiger partial charge in [-0.3, -0.25) is 4.90 Å². The lowest BCUT2D eigenvalue weighted by molar-refractivity contribution is 0.172. The number of benzene rings is 2. The molecule has 0 aromatic heterocycles. The van der Waals surface area contributed by atoms with Crippen LogP contribution in [0, 0.1) is 5.82 Å². The van der Waals surface area contributed by atoms with Crippen LogP contribution in [-0.2, 0) is 13.1 Å². The minimum Gasteiger partial charge on any atom is -0.508 e. The van der Waals surface area contributed by atoms with Crippen LogP contribution in [0.15, 0.2) is 47.5 Å². The molecular formula is C22H30FIN4O2. The average molecular weight is 528 g/mol. The highest BCUT2D eigenvalue weighted by atomic mass is 127. The monoisotopic (exact) mass is 528 g/mol. The summed E-state index contributed by atoms with van der Waals surface area (Å²) in [5.74, 6) is 1.09. The van der Waals surface area contributed by atoms with E-state index >= 15 is 0 Å². The number of nitrogens with one attached hydrogen (secondary N) is 1. The van der Waals surface area contributed by atoms with E-state index < -0.39 is 0 Å². The Morgan fingerprint density at radius 3 is 2.53 bits per heavy atom. The lowest BCUT2D eigenvalue weighted by atomic mass is 10.2. The van der Waals surface area contributed by atoms with Crippen LogP contribution >= 0.6 is 24.0 Å². The molecule has 0 bridgehead atoms. The Hall–Kier alpha value is -2.07. The van der Waals surface area contributed by atoms with Gasteiger partial charge >= 0.3 is 0 Å². The predicted octanol–water partition coefficient (Wildman–Crippen LogP) is 3.44. The number of hydrogen-bond acceptors (Lipinski definition) is 4. The van der Waals surface area contributed by atoms with Crippen LogP contribution < -0.4 is 10.1 Å².